The number of hydrogen-bond acceptors (Lipinski definition) is 6. The zero-order valence-electron chi connectivity index (χ0n) is 13.3. The van der Waals surface area contributed by atoms with Gasteiger partial charge in [-0.15, -0.1) is 0 Å². The van der Waals surface area contributed by atoms with Crippen molar-refractivity contribution in [3.63, 3.8) is 0 Å². The summed E-state index contributed by atoms with van der Waals surface area (Å²) < 4.78 is 10.6. The molecule has 8 heteroatoms. The van der Waals surface area contributed by atoms with Gasteiger partial charge in [-0.1, -0.05) is 0 Å². The van der Waals surface area contributed by atoms with Crippen molar-refractivity contribution in [2.75, 3.05) is 19.6 Å². The molecule has 0 spiro atoms. The number of carbonyl (C=O) groups is 2. The molecule has 0 bridgehead atoms. The number of rotatable bonds is 5. The standard InChI is InChI=1S/C16H22N2O6/c19-13(18-5-1-2-6-18)8-11-14(20)15(21)12(24-11)9-17-16(22)10-4-3-7-23-10/h3-4,7,11-12,14-15,20-21H,1-2,5-6,8-9H2,(H,17,22)/t11-,12+,14-,15+/m0/s1. The van der Waals surface area contributed by atoms with Gasteiger partial charge in [0.05, 0.1) is 18.8 Å². The second-order valence-corrected chi connectivity index (χ2v) is 6.17. The summed E-state index contributed by atoms with van der Waals surface area (Å²) in [7, 11) is 0. The Morgan fingerprint density at radius 3 is 2.58 bits per heavy atom. The summed E-state index contributed by atoms with van der Waals surface area (Å²) in [6, 6.07) is 3.12. The number of likely N-dealkylation sites (tertiary alicyclic amines) is 1. The summed E-state index contributed by atoms with van der Waals surface area (Å²) in [5, 5.41) is 22.7. The largest absolute Gasteiger partial charge is 0.459 e. The third kappa shape index (κ3) is 3.61. The minimum absolute atomic E-state index is 0.0200. The third-order valence-electron chi connectivity index (χ3n) is 4.50. The number of ether oxygens (including phenoxy) is 1. The Morgan fingerprint density at radius 1 is 1.21 bits per heavy atom. The van der Waals surface area contributed by atoms with Crippen LogP contribution in [0, 0.1) is 0 Å². The molecule has 132 valence electrons. The Bertz CT molecular complexity index is 569. The predicted molar refractivity (Wildman–Crippen MR) is 82.1 cm³/mol. The van der Waals surface area contributed by atoms with E-state index < -0.39 is 30.3 Å². The van der Waals surface area contributed by atoms with Crippen molar-refractivity contribution in [3.8, 4) is 0 Å². The van der Waals surface area contributed by atoms with E-state index >= 15 is 0 Å². The Morgan fingerprint density at radius 2 is 1.92 bits per heavy atom. The number of nitrogens with one attached hydrogen (secondary N) is 1. The van der Waals surface area contributed by atoms with Crippen LogP contribution in [-0.4, -0.2) is 71.0 Å². The lowest BCUT2D eigenvalue weighted by molar-refractivity contribution is -0.134. The number of furan rings is 1. The van der Waals surface area contributed by atoms with E-state index in [1.807, 2.05) is 0 Å². The van der Waals surface area contributed by atoms with Gasteiger partial charge in [-0.3, -0.25) is 9.59 Å². The van der Waals surface area contributed by atoms with Crippen molar-refractivity contribution in [1.29, 1.82) is 0 Å². The highest BCUT2D eigenvalue weighted by Gasteiger charge is 2.44. The minimum atomic E-state index is -1.15. The molecular formula is C16H22N2O6. The first-order valence-electron chi connectivity index (χ1n) is 8.17. The average molecular weight is 338 g/mol. The van der Waals surface area contributed by atoms with E-state index in [1.54, 1.807) is 11.0 Å². The van der Waals surface area contributed by atoms with Gasteiger partial charge in [0.2, 0.25) is 5.91 Å². The zero-order valence-corrected chi connectivity index (χ0v) is 13.3. The van der Waals surface area contributed by atoms with Crippen LogP contribution in [0.2, 0.25) is 0 Å². The fraction of sp³-hybridized carbons (Fsp3) is 0.625. The molecule has 0 aliphatic carbocycles. The lowest BCUT2D eigenvalue weighted by atomic mass is 10.1. The van der Waals surface area contributed by atoms with Gasteiger partial charge in [-0.05, 0) is 25.0 Å². The van der Waals surface area contributed by atoms with Crippen molar-refractivity contribution in [1.82, 2.24) is 10.2 Å². The lowest BCUT2D eigenvalue weighted by Gasteiger charge is -2.19. The van der Waals surface area contributed by atoms with Crippen molar-refractivity contribution in [2.45, 2.75) is 43.7 Å². The van der Waals surface area contributed by atoms with Crippen LogP contribution in [-0.2, 0) is 9.53 Å². The van der Waals surface area contributed by atoms with E-state index in [9.17, 15) is 19.8 Å². The molecule has 0 aromatic carbocycles. The average Bonchev–Trinajstić information content (AvgIpc) is 3.31. The second-order valence-electron chi connectivity index (χ2n) is 6.17. The van der Waals surface area contributed by atoms with Crippen LogP contribution < -0.4 is 5.32 Å². The van der Waals surface area contributed by atoms with Gasteiger partial charge in [0.1, 0.15) is 18.3 Å². The first-order chi connectivity index (χ1) is 11.6. The van der Waals surface area contributed by atoms with Crippen molar-refractivity contribution in [2.24, 2.45) is 0 Å². The van der Waals surface area contributed by atoms with Crippen LogP contribution in [0.1, 0.15) is 29.8 Å². The van der Waals surface area contributed by atoms with Crippen molar-refractivity contribution < 1.29 is 29.0 Å². The SMILES string of the molecule is O=C(NC[C@H]1O[C@@H](CC(=O)N2CCCC2)[C@H](O)[C@@H]1O)c1ccco1. The summed E-state index contributed by atoms with van der Waals surface area (Å²) in [6.45, 7) is 1.48. The number of hydrogen-bond donors (Lipinski definition) is 3. The molecule has 24 heavy (non-hydrogen) atoms. The van der Waals surface area contributed by atoms with Crippen LogP contribution >= 0.6 is 0 Å². The molecule has 2 aliphatic heterocycles. The van der Waals surface area contributed by atoms with E-state index in [2.05, 4.69) is 5.32 Å². The van der Waals surface area contributed by atoms with E-state index in [0.717, 1.165) is 25.9 Å². The number of carbonyl (C=O) groups excluding carboxylic acids is 2. The second kappa shape index (κ2) is 7.33. The first-order valence-corrected chi connectivity index (χ1v) is 8.17. The molecule has 1 aromatic rings. The maximum absolute atomic E-state index is 12.2. The predicted octanol–water partition coefficient (Wildman–Crippen LogP) is -0.489. The quantitative estimate of drug-likeness (QED) is 0.668. The van der Waals surface area contributed by atoms with Gasteiger partial charge in [0, 0.05) is 19.6 Å². The smallest absolute Gasteiger partial charge is 0.287 e. The van der Waals surface area contributed by atoms with E-state index in [4.69, 9.17) is 9.15 Å². The molecule has 3 N–H and O–H groups in total. The molecule has 0 saturated carbocycles. The maximum Gasteiger partial charge on any atom is 0.287 e. The molecule has 0 radical (unpaired) electrons. The van der Waals surface area contributed by atoms with Gasteiger partial charge in [-0.2, -0.15) is 0 Å². The molecule has 3 rings (SSSR count). The van der Waals surface area contributed by atoms with Crippen molar-refractivity contribution >= 4 is 11.8 Å². The highest BCUT2D eigenvalue weighted by molar-refractivity contribution is 5.91. The van der Waals surface area contributed by atoms with E-state index in [0.29, 0.717) is 0 Å². The summed E-state index contributed by atoms with van der Waals surface area (Å²) in [4.78, 5) is 25.7. The van der Waals surface area contributed by atoms with E-state index in [1.165, 1.54) is 12.3 Å². The molecule has 2 amide bonds. The Hall–Kier alpha value is -1.90. The number of aliphatic hydroxyl groups is 2. The normalized spacial score (nSPS) is 29.8. The molecule has 8 nitrogen and oxygen atoms in total. The summed E-state index contributed by atoms with van der Waals surface area (Å²) in [5.74, 6) is -0.352. The van der Waals surface area contributed by atoms with Crippen molar-refractivity contribution in [3.05, 3.63) is 24.2 Å². The number of nitrogens with zero attached hydrogens (tertiary/aromatic N) is 1. The van der Waals surface area contributed by atoms with Crippen LogP contribution in [0.5, 0.6) is 0 Å². The fourth-order valence-corrected chi connectivity index (χ4v) is 3.12. The molecule has 4 atom stereocenters. The fourth-order valence-electron chi connectivity index (χ4n) is 3.12. The van der Waals surface area contributed by atoms with Crippen LogP contribution in [0.25, 0.3) is 0 Å². The van der Waals surface area contributed by atoms with Gasteiger partial charge in [0.25, 0.3) is 5.91 Å². The lowest BCUT2D eigenvalue weighted by Crippen LogP contribution is -2.40. The summed E-state index contributed by atoms with van der Waals surface area (Å²) in [6.07, 6.45) is -0.442. The zero-order chi connectivity index (χ0) is 17.1. The number of aliphatic hydroxyl groups excluding tert-OH is 2. The van der Waals surface area contributed by atoms with Gasteiger partial charge < -0.3 is 29.6 Å². The summed E-state index contributed by atoms with van der Waals surface area (Å²) >= 11 is 0. The van der Waals surface area contributed by atoms with Gasteiger partial charge >= 0.3 is 0 Å². The molecule has 0 unspecified atom stereocenters. The Kier molecular flexibility index (Phi) is 5.17. The topological polar surface area (TPSA) is 112 Å². The monoisotopic (exact) mass is 338 g/mol. The van der Waals surface area contributed by atoms with Gasteiger partial charge in [-0.25, -0.2) is 0 Å². The van der Waals surface area contributed by atoms with E-state index in [-0.39, 0.29) is 24.6 Å². The molecule has 2 fully saturated rings. The number of amides is 2. The highest BCUT2D eigenvalue weighted by Crippen LogP contribution is 2.24. The Balaban J connectivity index is 1.50. The van der Waals surface area contributed by atoms with Crippen LogP contribution in [0.3, 0.4) is 0 Å². The third-order valence-corrected chi connectivity index (χ3v) is 4.50. The molecule has 3 heterocycles. The first kappa shape index (κ1) is 16.9. The molecule has 1 aromatic heterocycles. The Labute approximate surface area is 139 Å². The maximum atomic E-state index is 12.2. The van der Waals surface area contributed by atoms with Crippen LogP contribution in [0.4, 0.5) is 0 Å². The highest BCUT2D eigenvalue weighted by atomic mass is 16.5. The van der Waals surface area contributed by atoms with Gasteiger partial charge in [0.15, 0.2) is 5.76 Å². The molecular weight excluding hydrogens is 316 g/mol. The minimum Gasteiger partial charge on any atom is -0.459 e. The molecule has 2 aliphatic rings. The molecule has 2 saturated heterocycles. The van der Waals surface area contributed by atoms with Crippen LogP contribution in [0.15, 0.2) is 22.8 Å². The summed E-state index contributed by atoms with van der Waals surface area (Å²) in [5.41, 5.74) is 0.